The highest BCUT2D eigenvalue weighted by molar-refractivity contribution is 5.99. The third-order valence-corrected chi connectivity index (χ3v) is 11.7. The van der Waals surface area contributed by atoms with Gasteiger partial charge in [-0.15, -0.1) is 0 Å². The van der Waals surface area contributed by atoms with Gasteiger partial charge in [0, 0.05) is 145 Å². The summed E-state index contributed by atoms with van der Waals surface area (Å²) in [4.78, 5) is 80.4. The second kappa shape index (κ2) is 23.0. The average molecular weight is 919 g/mol. The topological polar surface area (TPSA) is 283 Å². The number of amides is 3. The highest BCUT2D eigenvalue weighted by Gasteiger charge is 2.24. The van der Waals surface area contributed by atoms with Gasteiger partial charge in [0.25, 0.3) is 5.91 Å². The smallest absolute Gasteiger partial charge is 0.254 e. The lowest BCUT2D eigenvalue weighted by Crippen LogP contribution is -2.49. The van der Waals surface area contributed by atoms with E-state index >= 15 is 0 Å². The Morgan fingerprint density at radius 3 is 2.22 bits per heavy atom. The molecule has 0 aliphatic carbocycles. The minimum absolute atomic E-state index is 0.0747. The van der Waals surface area contributed by atoms with Gasteiger partial charge >= 0.3 is 0 Å². The molecule has 0 spiro atoms. The summed E-state index contributed by atoms with van der Waals surface area (Å²) in [6, 6.07) is 3.97. The van der Waals surface area contributed by atoms with Crippen molar-refractivity contribution in [2.75, 3.05) is 114 Å². The molecule has 8 heterocycles. The van der Waals surface area contributed by atoms with Crippen molar-refractivity contribution in [3.05, 3.63) is 66.8 Å². The van der Waals surface area contributed by atoms with E-state index in [2.05, 4.69) is 65.2 Å². The lowest BCUT2D eigenvalue weighted by molar-refractivity contribution is -0.132. The molecule has 3 amide bonds. The number of ether oxygens (including phenoxy) is 2. The molecule has 8 rings (SSSR count). The van der Waals surface area contributed by atoms with Gasteiger partial charge in [-0.2, -0.15) is 5.10 Å². The Morgan fingerprint density at radius 1 is 0.746 bits per heavy atom. The lowest BCUT2D eigenvalue weighted by Gasteiger charge is -2.35. The van der Waals surface area contributed by atoms with Crippen LogP contribution < -0.4 is 31.9 Å². The number of aromatic amines is 1. The lowest BCUT2D eigenvalue weighted by atomic mass is 10.1. The number of hydrogen-bond donors (Lipinski definition) is 5. The maximum atomic E-state index is 12.9. The first kappa shape index (κ1) is 46.6. The van der Waals surface area contributed by atoms with E-state index in [0.29, 0.717) is 125 Å². The molecule has 7 N–H and O–H groups in total. The molecule has 6 aromatic heterocycles. The summed E-state index contributed by atoms with van der Waals surface area (Å²) in [6.45, 7) is 9.86. The molecule has 0 bridgehead atoms. The van der Waals surface area contributed by atoms with E-state index in [1.165, 1.54) is 6.33 Å². The van der Waals surface area contributed by atoms with E-state index in [0.717, 1.165) is 67.7 Å². The molecule has 0 aromatic carbocycles. The fraction of sp³-hybridized carbons (Fsp3) is 0.477. The zero-order chi connectivity index (χ0) is 46.4. The Kier molecular flexibility index (Phi) is 16.0. The van der Waals surface area contributed by atoms with Gasteiger partial charge in [-0.05, 0) is 25.0 Å². The standard InChI is InChI=1S/C44H58N18O5/c45-6-21-66-19-4-35(63)49-24-31-25-51-43(52-26-31)61-16-14-59(15-17-61)36(64)5-20-67-22-18-58-10-12-60(13-11-58)44-53-28-34(29-54-44)42(65)48-7-1-2-9-62-41-37(39(46)55-30-56-41)38(57-62)33-23-32-3-8-47-40(32)50-27-33/h3,8,23,25-30H,1-2,4-7,9-22,24,45H2,(H,47,50)(H,48,65)(H,49,63)(H2,46,55,56). The fourth-order valence-electron chi connectivity index (χ4n) is 7.93. The Hall–Kier alpha value is -6.95. The molecule has 2 aliphatic rings. The van der Waals surface area contributed by atoms with Crippen LogP contribution >= 0.6 is 0 Å². The summed E-state index contributed by atoms with van der Waals surface area (Å²) in [5.74, 6) is 1.30. The van der Waals surface area contributed by atoms with Crippen LogP contribution in [0.5, 0.6) is 0 Å². The van der Waals surface area contributed by atoms with E-state index in [1.807, 2.05) is 27.9 Å². The highest BCUT2D eigenvalue weighted by atomic mass is 16.5. The number of rotatable bonds is 22. The molecule has 0 atom stereocenters. The number of carbonyl (C=O) groups excluding carboxylic acids is 3. The van der Waals surface area contributed by atoms with Crippen LogP contribution in [0, 0.1) is 0 Å². The number of nitrogens with one attached hydrogen (secondary N) is 3. The summed E-state index contributed by atoms with van der Waals surface area (Å²) in [5.41, 5.74) is 15.8. The normalized spacial score (nSPS) is 14.6. The molecule has 67 heavy (non-hydrogen) atoms. The Morgan fingerprint density at radius 2 is 1.46 bits per heavy atom. The Bertz CT molecular complexity index is 2550. The molecule has 354 valence electrons. The summed E-state index contributed by atoms with van der Waals surface area (Å²) >= 11 is 0. The number of piperazine rings is 2. The number of pyridine rings is 1. The molecule has 23 heteroatoms. The summed E-state index contributed by atoms with van der Waals surface area (Å²) in [5, 5.41) is 12.3. The monoisotopic (exact) mass is 918 g/mol. The van der Waals surface area contributed by atoms with Crippen molar-refractivity contribution in [1.29, 1.82) is 0 Å². The molecule has 6 aromatic rings. The third-order valence-electron chi connectivity index (χ3n) is 11.7. The van der Waals surface area contributed by atoms with Crippen molar-refractivity contribution in [2.45, 2.75) is 38.8 Å². The number of unbranched alkanes of at least 4 members (excludes halogenated alkanes) is 1. The van der Waals surface area contributed by atoms with Gasteiger partial charge in [0.1, 0.15) is 23.5 Å². The van der Waals surface area contributed by atoms with Crippen LogP contribution in [-0.4, -0.2) is 176 Å². The molecule has 0 radical (unpaired) electrons. The van der Waals surface area contributed by atoms with E-state index in [4.69, 9.17) is 26.0 Å². The van der Waals surface area contributed by atoms with Crippen molar-refractivity contribution in [2.24, 2.45) is 5.73 Å². The number of fused-ring (bicyclic) bond motifs is 2. The van der Waals surface area contributed by atoms with Gasteiger partial charge < -0.3 is 51.3 Å². The Labute approximate surface area is 387 Å². The van der Waals surface area contributed by atoms with Crippen LogP contribution in [0.2, 0.25) is 0 Å². The number of H-pyrrole nitrogens is 1. The van der Waals surface area contributed by atoms with Crippen LogP contribution in [0.4, 0.5) is 17.7 Å². The van der Waals surface area contributed by atoms with Crippen molar-refractivity contribution >= 4 is 57.5 Å². The molecule has 0 unspecified atom stereocenters. The molecule has 2 aliphatic heterocycles. The average Bonchev–Trinajstić information content (AvgIpc) is 4.00. The van der Waals surface area contributed by atoms with Crippen LogP contribution in [0.15, 0.2) is 55.6 Å². The number of nitrogens with two attached hydrogens (primary N) is 2. The zero-order valence-corrected chi connectivity index (χ0v) is 37.6. The SMILES string of the molecule is NCCOCCC(=O)NCc1cnc(N2CCN(C(=O)CCOCCN3CCN(c4ncc(C(=O)NCCCCn5nc(-c6cnc7[nH]ccc7c6)c6c(N)ncnc65)cn4)CC3)CC2)nc1. The number of aryl methyl sites for hydroxylation is 1. The predicted octanol–water partition coefficient (Wildman–Crippen LogP) is 0.601. The fourth-order valence-corrected chi connectivity index (χ4v) is 7.93. The number of carbonyl (C=O) groups is 3. The van der Waals surface area contributed by atoms with Gasteiger partial charge in [0.2, 0.25) is 23.7 Å². The van der Waals surface area contributed by atoms with Gasteiger partial charge in [-0.25, -0.2) is 39.6 Å². The zero-order valence-electron chi connectivity index (χ0n) is 37.6. The van der Waals surface area contributed by atoms with E-state index in [1.54, 1.807) is 31.0 Å². The van der Waals surface area contributed by atoms with Crippen LogP contribution in [-0.2, 0) is 32.2 Å². The highest BCUT2D eigenvalue weighted by Crippen LogP contribution is 2.31. The Balaban J connectivity index is 0.671. The predicted molar refractivity (Wildman–Crippen MR) is 250 cm³/mol. The van der Waals surface area contributed by atoms with E-state index in [-0.39, 0.29) is 24.1 Å². The van der Waals surface area contributed by atoms with Gasteiger partial charge in [-0.3, -0.25) is 19.3 Å². The molecular formula is C44H58N18O5. The molecule has 2 fully saturated rings. The van der Waals surface area contributed by atoms with Gasteiger partial charge in [0.05, 0.1) is 43.8 Å². The third kappa shape index (κ3) is 12.3. The van der Waals surface area contributed by atoms with E-state index < -0.39 is 0 Å². The van der Waals surface area contributed by atoms with Crippen molar-refractivity contribution in [1.82, 2.24) is 70.1 Å². The number of anilines is 3. The number of aromatic nitrogens is 10. The first-order valence-corrected chi connectivity index (χ1v) is 22.8. The number of hydrogen-bond acceptors (Lipinski definition) is 18. The van der Waals surface area contributed by atoms with Gasteiger partial charge in [-0.1, -0.05) is 0 Å². The second-order valence-corrected chi connectivity index (χ2v) is 16.3. The van der Waals surface area contributed by atoms with Crippen molar-refractivity contribution in [3.63, 3.8) is 0 Å². The molecule has 0 saturated carbocycles. The van der Waals surface area contributed by atoms with E-state index in [9.17, 15) is 14.4 Å². The van der Waals surface area contributed by atoms with Gasteiger partial charge in [0.15, 0.2) is 5.65 Å². The largest absolute Gasteiger partial charge is 0.383 e. The number of nitrogen functional groups attached to an aromatic ring is 1. The van der Waals surface area contributed by atoms with Crippen LogP contribution in [0.3, 0.4) is 0 Å². The summed E-state index contributed by atoms with van der Waals surface area (Å²) in [7, 11) is 0. The van der Waals surface area contributed by atoms with Crippen molar-refractivity contribution < 1.29 is 23.9 Å². The van der Waals surface area contributed by atoms with Crippen molar-refractivity contribution in [3.8, 4) is 11.3 Å². The molecule has 2 saturated heterocycles. The first-order chi connectivity index (χ1) is 32.8. The molecular weight excluding hydrogens is 861 g/mol. The maximum Gasteiger partial charge on any atom is 0.254 e. The minimum atomic E-state index is -0.225. The second-order valence-electron chi connectivity index (χ2n) is 16.3. The van der Waals surface area contributed by atoms with Crippen LogP contribution in [0.1, 0.15) is 41.6 Å². The maximum absolute atomic E-state index is 12.9. The number of nitrogens with zero attached hydrogens (tertiary/aromatic N) is 13. The summed E-state index contributed by atoms with van der Waals surface area (Å²) < 4.78 is 12.9. The summed E-state index contributed by atoms with van der Waals surface area (Å²) in [6.07, 6.45) is 13.7. The molecule has 23 nitrogen and oxygen atoms in total. The first-order valence-electron chi connectivity index (χ1n) is 22.8. The van der Waals surface area contributed by atoms with Crippen LogP contribution in [0.25, 0.3) is 33.3 Å². The quantitative estimate of drug-likeness (QED) is 0.0583. The minimum Gasteiger partial charge on any atom is -0.383 e.